The van der Waals surface area contributed by atoms with Crippen molar-refractivity contribution in [2.75, 3.05) is 25.0 Å². The summed E-state index contributed by atoms with van der Waals surface area (Å²) in [6, 6.07) is 14.0. The van der Waals surface area contributed by atoms with E-state index >= 15 is 0 Å². The number of nitrogens with one attached hydrogen (secondary N) is 2. The summed E-state index contributed by atoms with van der Waals surface area (Å²) in [6.45, 7) is 2.43. The molecule has 0 spiro atoms. The van der Waals surface area contributed by atoms with Gasteiger partial charge in [0.2, 0.25) is 0 Å². The fourth-order valence-electron chi connectivity index (χ4n) is 3.30. The summed E-state index contributed by atoms with van der Waals surface area (Å²) in [6.07, 6.45) is 5.15. The number of benzene rings is 2. The maximum atomic E-state index is 12.9. The third-order valence-corrected chi connectivity index (χ3v) is 5.12. The van der Waals surface area contributed by atoms with Gasteiger partial charge in [-0.25, -0.2) is 4.39 Å². The molecule has 0 unspecified atom stereocenters. The minimum Gasteiger partial charge on any atom is -0.362 e. The Hall–Kier alpha value is -2.47. The lowest BCUT2D eigenvalue weighted by Crippen LogP contribution is -2.35. The third kappa shape index (κ3) is 6.02. The van der Waals surface area contributed by atoms with E-state index in [4.69, 9.17) is 12.2 Å². The number of anilines is 1. The summed E-state index contributed by atoms with van der Waals surface area (Å²) < 4.78 is 12.9. The van der Waals surface area contributed by atoms with Crippen LogP contribution in [0.3, 0.4) is 0 Å². The molecule has 1 fully saturated rings. The number of carbonyl (C=O) groups excluding carboxylic acids is 1. The fourth-order valence-corrected chi connectivity index (χ4v) is 3.52. The summed E-state index contributed by atoms with van der Waals surface area (Å²) in [4.78, 5) is 14.4. The van der Waals surface area contributed by atoms with Crippen LogP contribution >= 0.6 is 12.2 Å². The van der Waals surface area contributed by atoms with E-state index in [9.17, 15) is 9.18 Å². The van der Waals surface area contributed by atoms with Crippen LogP contribution < -0.4 is 10.6 Å². The summed E-state index contributed by atoms with van der Waals surface area (Å²) in [7, 11) is 0. The molecule has 148 valence electrons. The lowest BCUT2D eigenvalue weighted by molar-refractivity contribution is 0.0724. The van der Waals surface area contributed by atoms with E-state index in [1.165, 1.54) is 18.6 Å². The highest BCUT2D eigenvalue weighted by molar-refractivity contribution is 7.80. The van der Waals surface area contributed by atoms with Gasteiger partial charge in [0.1, 0.15) is 5.82 Å². The van der Waals surface area contributed by atoms with Crippen molar-refractivity contribution in [3.8, 4) is 0 Å². The lowest BCUT2D eigenvalue weighted by atomic mass is 10.1. The number of nitrogens with zero attached hydrogens (tertiary/aromatic N) is 1. The molecule has 2 aromatic rings. The van der Waals surface area contributed by atoms with Gasteiger partial charge < -0.3 is 15.5 Å². The Labute approximate surface area is 171 Å². The largest absolute Gasteiger partial charge is 0.362 e. The molecule has 2 aromatic carbocycles. The van der Waals surface area contributed by atoms with Gasteiger partial charge in [0.25, 0.3) is 5.91 Å². The SMILES string of the molecule is O=C(c1ccc(NC(=S)NCCCc2ccc(F)cc2)cc1)N1CCCCC1. The quantitative estimate of drug-likeness (QED) is 0.559. The van der Waals surface area contributed by atoms with Crippen molar-refractivity contribution in [3.05, 3.63) is 65.5 Å². The van der Waals surface area contributed by atoms with Gasteiger partial charge in [0.15, 0.2) is 5.11 Å². The van der Waals surface area contributed by atoms with E-state index in [1.807, 2.05) is 29.2 Å². The molecule has 1 aliphatic rings. The molecule has 0 aliphatic carbocycles. The Balaban J connectivity index is 1.40. The number of halogens is 1. The van der Waals surface area contributed by atoms with Crippen molar-refractivity contribution in [2.45, 2.75) is 32.1 Å². The first-order valence-corrected chi connectivity index (χ1v) is 10.2. The Kier molecular flexibility index (Phi) is 7.37. The zero-order valence-electron chi connectivity index (χ0n) is 15.9. The van der Waals surface area contributed by atoms with Gasteiger partial charge in [0, 0.05) is 30.9 Å². The van der Waals surface area contributed by atoms with Crippen LogP contribution in [-0.2, 0) is 6.42 Å². The molecule has 6 heteroatoms. The molecule has 1 aliphatic heterocycles. The van der Waals surface area contributed by atoms with E-state index in [-0.39, 0.29) is 11.7 Å². The average Bonchev–Trinajstić information content (AvgIpc) is 2.73. The molecule has 28 heavy (non-hydrogen) atoms. The maximum Gasteiger partial charge on any atom is 0.253 e. The number of rotatable bonds is 6. The lowest BCUT2D eigenvalue weighted by Gasteiger charge is -2.26. The van der Waals surface area contributed by atoms with Crippen LogP contribution in [0.1, 0.15) is 41.6 Å². The molecular weight excluding hydrogens is 373 g/mol. The van der Waals surface area contributed by atoms with Gasteiger partial charge >= 0.3 is 0 Å². The topological polar surface area (TPSA) is 44.4 Å². The van der Waals surface area contributed by atoms with Crippen LogP contribution in [0.25, 0.3) is 0 Å². The first kappa shape index (κ1) is 20.3. The molecule has 1 saturated heterocycles. The van der Waals surface area contributed by atoms with E-state index in [0.29, 0.717) is 10.7 Å². The second-order valence-corrected chi connectivity index (χ2v) is 7.45. The van der Waals surface area contributed by atoms with Gasteiger partial charge in [-0.2, -0.15) is 0 Å². The summed E-state index contributed by atoms with van der Waals surface area (Å²) in [5.74, 6) is -0.108. The number of thiocarbonyl (C=S) groups is 1. The predicted molar refractivity (Wildman–Crippen MR) is 115 cm³/mol. The van der Waals surface area contributed by atoms with E-state index in [0.717, 1.165) is 56.6 Å². The highest BCUT2D eigenvalue weighted by Gasteiger charge is 2.17. The van der Waals surface area contributed by atoms with Crippen molar-refractivity contribution in [2.24, 2.45) is 0 Å². The first-order valence-electron chi connectivity index (χ1n) is 9.80. The molecule has 0 bridgehead atoms. The standard InChI is InChI=1S/C22H26FN3OS/c23-19-10-6-17(7-11-19)5-4-14-24-22(28)25-20-12-8-18(9-13-20)21(27)26-15-2-1-3-16-26/h6-13H,1-5,14-16H2,(H2,24,25,28). The second kappa shape index (κ2) is 10.2. The number of piperidine rings is 1. The molecule has 1 heterocycles. The summed E-state index contributed by atoms with van der Waals surface area (Å²) >= 11 is 5.32. The summed E-state index contributed by atoms with van der Waals surface area (Å²) in [5.41, 5.74) is 2.67. The molecular formula is C22H26FN3OS. The van der Waals surface area contributed by atoms with Crippen LogP contribution in [0.5, 0.6) is 0 Å². The highest BCUT2D eigenvalue weighted by atomic mass is 32.1. The smallest absolute Gasteiger partial charge is 0.253 e. The van der Waals surface area contributed by atoms with E-state index in [1.54, 1.807) is 12.1 Å². The van der Waals surface area contributed by atoms with Crippen LogP contribution in [0.2, 0.25) is 0 Å². The van der Waals surface area contributed by atoms with Crippen molar-refractivity contribution < 1.29 is 9.18 Å². The van der Waals surface area contributed by atoms with Gasteiger partial charge in [-0.3, -0.25) is 4.79 Å². The van der Waals surface area contributed by atoms with Crippen molar-refractivity contribution in [1.29, 1.82) is 0 Å². The zero-order chi connectivity index (χ0) is 19.8. The highest BCUT2D eigenvalue weighted by Crippen LogP contribution is 2.15. The zero-order valence-corrected chi connectivity index (χ0v) is 16.7. The van der Waals surface area contributed by atoms with Crippen LogP contribution in [0.15, 0.2) is 48.5 Å². The van der Waals surface area contributed by atoms with Crippen LogP contribution in [0, 0.1) is 5.82 Å². The van der Waals surface area contributed by atoms with Crippen molar-refractivity contribution in [3.63, 3.8) is 0 Å². The molecule has 4 nitrogen and oxygen atoms in total. The van der Waals surface area contributed by atoms with Crippen LogP contribution in [0.4, 0.5) is 10.1 Å². The fraction of sp³-hybridized carbons (Fsp3) is 0.364. The Bertz CT molecular complexity index is 786. The molecule has 2 N–H and O–H groups in total. The van der Waals surface area contributed by atoms with Gasteiger partial charge in [-0.1, -0.05) is 12.1 Å². The third-order valence-electron chi connectivity index (χ3n) is 4.87. The normalized spacial score (nSPS) is 13.8. The van der Waals surface area contributed by atoms with Crippen molar-refractivity contribution in [1.82, 2.24) is 10.2 Å². The Morgan fingerprint density at radius 1 is 1.00 bits per heavy atom. The average molecular weight is 400 g/mol. The summed E-state index contributed by atoms with van der Waals surface area (Å²) in [5, 5.41) is 6.86. The molecule has 0 radical (unpaired) electrons. The number of carbonyl (C=O) groups is 1. The maximum absolute atomic E-state index is 12.9. The second-order valence-electron chi connectivity index (χ2n) is 7.04. The molecule has 0 saturated carbocycles. The molecule has 1 amide bonds. The number of amides is 1. The molecule has 0 aromatic heterocycles. The monoisotopic (exact) mass is 399 g/mol. The Morgan fingerprint density at radius 3 is 2.36 bits per heavy atom. The van der Waals surface area contributed by atoms with Crippen molar-refractivity contribution >= 4 is 28.9 Å². The van der Waals surface area contributed by atoms with E-state index < -0.39 is 0 Å². The molecule has 3 rings (SSSR count). The number of aryl methyl sites for hydroxylation is 1. The first-order chi connectivity index (χ1) is 13.6. The Morgan fingerprint density at radius 2 is 1.68 bits per heavy atom. The van der Waals surface area contributed by atoms with E-state index in [2.05, 4.69) is 10.6 Å². The number of hydrogen-bond acceptors (Lipinski definition) is 2. The van der Waals surface area contributed by atoms with Gasteiger partial charge in [-0.15, -0.1) is 0 Å². The minimum atomic E-state index is -0.212. The predicted octanol–water partition coefficient (Wildman–Crippen LogP) is 4.37. The van der Waals surface area contributed by atoms with Gasteiger partial charge in [-0.05, 0) is 86.3 Å². The van der Waals surface area contributed by atoms with Crippen LogP contribution in [-0.4, -0.2) is 35.6 Å². The number of likely N-dealkylation sites (tertiary alicyclic amines) is 1. The molecule has 0 atom stereocenters. The minimum absolute atomic E-state index is 0.104. The number of hydrogen-bond donors (Lipinski definition) is 2. The van der Waals surface area contributed by atoms with Gasteiger partial charge in [0.05, 0.1) is 0 Å².